The highest BCUT2D eigenvalue weighted by atomic mass is 32.2. The highest BCUT2D eigenvalue weighted by Crippen LogP contribution is 2.58. The summed E-state index contributed by atoms with van der Waals surface area (Å²) in [5, 5.41) is 0.957. The Balaban J connectivity index is 1.35. The van der Waals surface area contributed by atoms with Crippen molar-refractivity contribution in [2.75, 3.05) is 19.8 Å². The van der Waals surface area contributed by atoms with Crippen LogP contribution in [0.5, 0.6) is 11.6 Å². The van der Waals surface area contributed by atoms with Gasteiger partial charge in [-0.1, -0.05) is 26.0 Å². The summed E-state index contributed by atoms with van der Waals surface area (Å²) in [6, 6.07) is 3.38. The summed E-state index contributed by atoms with van der Waals surface area (Å²) >= 11 is 0. The molecule has 0 radical (unpaired) electrons. The minimum Gasteiger partial charge on any atom is -0.491 e. The molecule has 2 aromatic rings. The molecule has 12 nitrogen and oxygen atoms in total. The molecule has 15 heteroatoms. The van der Waals surface area contributed by atoms with Crippen LogP contribution in [0.15, 0.2) is 36.5 Å². The van der Waals surface area contributed by atoms with E-state index < -0.39 is 85.8 Å². The van der Waals surface area contributed by atoms with E-state index in [1.807, 2.05) is 19.1 Å². The number of rotatable bonds is 10. The van der Waals surface area contributed by atoms with E-state index in [0.29, 0.717) is 23.6 Å². The molecular formula is C42H55F2N3O9S. The van der Waals surface area contributed by atoms with Crippen molar-refractivity contribution in [3.8, 4) is 11.6 Å². The molecule has 312 valence electrons. The number of sulfonamides is 1. The number of Topliss-reactive ketones (excluding diaryl/α,β-unsaturated/α-hetero) is 1. The maximum atomic E-state index is 15.1. The number of fused-ring (bicyclic) bond motifs is 3. The van der Waals surface area contributed by atoms with Crippen LogP contribution in [0.25, 0.3) is 10.8 Å². The van der Waals surface area contributed by atoms with Gasteiger partial charge < -0.3 is 19.1 Å². The Bertz CT molecular complexity index is 2030. The number of aromatic nitrogens is 1. The summed E-state index contributed by atoms with van der Waals surface area (Å²) in [4.78, 5) is 62.5. The van der Waals surface area contributed by atoms with Gasteiger partial charge >= 0.3 is 5.97 Å². The number of amides is 2. The van der Waals surface area contributed by atoms with Gasteiger partial charge in [-0.3, -0.25) is 23.9 Å². The highest BCUT2D eigenvalue weighted by molar-refractivity contribution is 7.91. The maximum Gasteiger partial charge on any atom is 0.307 e. The first-order valence-electron chi connectivity index (χ1n) is 20.0. The number of nitrogens with zero attached hydrogens (tertiary/aromatic N) is 2. The lowest BCUT2D eigenvalue weighted by Crippen LogP contribution is -2.48. The van der Waals surface area contributed by atoms with Gasteiger partial charge in [0.15, 0.2) is 17.3 Å². The number of allylic oxidation sites excluding steroid dienone is 2. The summed E-state index contributed by atoms with van der Waals surface area (Å²) < 4.78 is 73.3. The standard InChI is InChI=1S/C42H55F2N3O9S/c1-7-54-35-17-27-12-15-45-37(31(27)19-32(35)44)55-29-18-33-34(48)22-42(39(51)46-57(52,53)41(24-43)13-14-41)21-28(42)11-9-8-10-25(2)16-26(3)30(38(50)47(33)23-29)20-36(49)56-40(4,5)6/h9,11-12,15,17,19,25-26,28-30,33H,7-8,10,13-14,16,18,20-24H2,1-6H3,(H,46,51)/b11-9-/t25-,26-,28-,29-,30+,33+,42-/m1/s1. The summed E-state index contributed by atoms with van der Waals surface area (Å²) in [5.74, 6) is -4.24. The first-order valence-corrected chi connectivity index (χ1v) is 21.5. The number of carbonyl (C=O) groups excluding carboxylic acids is 4. The van der Waals surface area contributed by atoms with Gasteiger partial charge in [-0.2, -0.15) is 0 Å². The molecule has 57 heavy (non-hydrogen) atoms. The molecule has 1 aromatic heterocycles. The fourth-order valence-corrected chi connectivity index (χ4v) is 9.91. The normalized spacial score (nSPS) is 29.6. The quantitative estimate of drug-likeness (QED) is 0.210. The van der Waals surface area contributed by atoms with Gasteiger partial charge in [-0.15, -0.1) is 0 Å². The van der Waals surface area contributed by atoms with Crippen LogP contribution < -0.4 is 14.2 Å². The molecule has 0 bridgehead atoms. The third-order valence-electron chi connectivity index (χ3n) is 12.0. The number of nitrogens with one attached hydrogen (secondary N) is 1. The number of esters is 1. The topological polar surface area (TPSA) is 158 Å². The molecule has 0 spiro atoms. The minimum absolute atomic E-state index is 0.00639. The molecule has 1 aromatic carbocycles. The molecule has 0 unspecified atom stereocenters. The molecule has 2 amide bonds. The van der Waals surface area contributed by atoms with Gasteiger partial charge in [0.25, 0.3) is 0 Å². The molecule has 2 saturated carbocycles. The third-order valence-corrected chi connectivity index (χ3v) is 14.1. The summed E-state index contributed by atoms with van der Waals surface area (Å²) in [6.45, 7) is 10.0. The van der Waals surface area contributed by atoms with Crippen LogP contribution in [0.3, 0.4) is 0 Å². The van der Waals surface area contributed by atoms with Crippen molar-refractivity contribution >= 4 is 44.4 Å². The molecule has 7 atom stereocenters. The fraction of sp³-hybridized carbons (Fsp3) is 0.643. The first kappa shape index (κ1) is 42.5. The average Bonchev–Trinajstić information content (AvgIpc) is 4.03. The molecule has 1 N–H and O–H groups in total. The fourth-order valence-electron chi connectivity index (χ4n) is 8.47. The molecule has 6 rings (SSSR count). The van der Waals surface area contributed by atoms with Crippen molar-refractivity contribution < 1.29 is 50.6 Å². The number of ketones is 1. The monoisotopic (exact) mass is 815 g/mol. The van der Waals surface area contributed by atoms with E-state index >= 15 is 4.39 Å². The second-order valence-electron chi connectivity index (χ2n) is 17.6. The molecule has 3 fully saturated rings. The molecule has 4 aliphatic rings. The van der Waals surface area contributed by atoms with E-state index in [9.17, 15) is 32.0 Å². The number of ether oxygens (including phenoxy) is 3. The number of hydrogen-bond acceptors (Lipinski definition) is 10. The Labute approximate surface area is 333 Å². The van der Waals surface area contributed by atoms with Crippen LogP contribution in [-0.2, 0) is 33.9 Å². The SMILES string of the molecule is CCOc1cc2ccnc(O[C@@H]3C[C@H]4C(=O)C[C@]5(C(=O)NS(=O)(=O)C6(CF)CC6)C[C@H]5/C=C\CC[C@@H](C)C[C@@H](C)[C@H](CC(=O)OC(C)(C)C)C(=O)N4C3)c2cc1F. The van der Waals surface area contributed by atoms with Crippen molar-refractivity contribution in [2.45, 2.75) is 122 Å². The second kappa shape index (κ2) is 16.2. The van der Waals surface area contributed by atoms with Gasteiger partial charge in [0, 0.05) is 24.4 Å². The number of carbonyl (C=O) groups is 4. The Kier molecular flexibility index (Phi) is 12.1. The average molecular weight is 816 g/mol. The van der Waals surface area contributed by atoms with Crippen LogP contribution in [0, 0.1) is 34.9 Å². The zero-order valence-electron chi connectivity index (χ0n) is 33.6. The Morgan fingerprint density at radius 1 is 1.12 bits per heavy atom. The molecule has 3 heterocycles. The number of halogens is 2. The molecule has 2 aliphatic carbocycles. The van der Waals surface area contributed by atoms with Crippen molar-refractivity contribution in [2.24, 2.45) is 29.1 Å². The number of pyridine rings is 1. The van der Waals surface area contributed by atoms with Gasteiger partial charge in [0.05, 0.1) is 36.9 Å². The van der Waals surface area contributed by atoms with Crippen molar-refractivity contribution in [3.05, 3.63) is 42.4 Å². The van der Waals surface area contributed by atoms with Crippen LogP contribution in [-0.4, -0.2) is 84.2 Å². The van der Waals surface area contributed by atoms with E-state index in [1.165, 1.54) is 17.2 Å². The number of alkyl halides is 1. The number of benzene rings is 1. The van der Waals surface area contributed by atoms with Gasteiger partial charge in [-0.25, -0.2) is 22.2 Å². The van der Waals surface area contributed by atoms with Crippen LogP contribution >= 0.6 is 0 Å². The summed E-state index contributed by atoms with van der Waals surface area (Å²) in [7, 11) is -4.36. The predicted molar refractivity (Wildman–Crippen MR) is 208 cm³/mol. The summed E-state index contributed by atoms with van der Waals surface area (Å²) in [5.41, 5.74) is -2.22. The van der Waals surface area contributed by atoms with E-state index in [1.54, 1.807) is 39.8 Å². The lowest BCUT2D eigenvalue weighted by molar-refractivity contribution is -0.160. The van der Waals surface area contributed by atoms with Gasteiger partial charge in [-0.05, 0) is 108 Å². The largest absolute Gasteiger partial charge is 0.491 e. The van der Waals surface area contributed by atoms with Crippen LogP contribution in [0.2, 0.25) is 0 Å². The lowest BCUT2D eigenvalue weighted by atomic mass is 9.82. The Hall–Kier alpha value is -4.14. The molecule has 2 aliphatic heterocycles. The van der Waals surface area contributed by atoms with Crippen molar-refractivity contribution in [1.29, 1.82) is 0 Å². The van der Waals surface area contributed by atoms with E-state index in [0.717, 1.165) is 6.42 Å². The van der Waals surface area contributed by atoms with Crippen LogP contribution in [0.4, 0.5) is 8.78 Å². The van der Waals surface area contributed by atoms with Gasteiger partial charge in [0.2, 0.25) is 27.7 Å². The number of hydrogen-bond donors (Lipinski definition) is 1. The van der Waals surface area contributed by atoms with E-state index in [-0.39, 0.29) is 75.1 Å². The third kappa shape index (κ3) is 9.13. The molecule has 1 saturated heterocycles. The van der Waals surface area contributed by atoms with Crippen molar-refractivity contribution in [3.63, 3.8) is 0 Å². The zero-order chi connectivity index (χ0) is 41.5. The predicted octanol–water partition coefficient (Wildman–Crippen LogP) is 6.39. The van der Waals surface area contributed by atoms with Crippen molar-refractivity contribution in [1.82, 2.24) is 14.6 Å². The second-order valence-corrected chi connectivity index (χ2v) is 19.7. The Morgan fingerprint density at radius 2 is 1.86 bits per heavy atom. The van der Waals surface area contributed by atoms with E-state index in [4.69, 9.17) is 14.2 Å². The van der Waals surface area contributed by atoms with E-state index in [2.05, 4.69) is 16.6 Å². The smallest absolute Gasteiger partial charge is 0.307 e. The zero-order valence-corrected chi connectivity index (χ0v) is 34.5. The Morgan fingerprint density at radius 3 is 2.53 bits per heavy atom. The summed E-state index contributed by atoms with van der Waals surface area (Å²) in [6.07, 6.45) is 6.28. The molecular weight excluding hydrogens is 761 g/mol. The highest BCUT2D eigenvalue weighted by Gasteiger charge is 2.63. The minimum atomic E-state index is -4.36. The maximum absolute atomic E-state index is 15.1. The van der Waals surface area contributed by atoms with Crippen LogP contribution in [0.1, 0.15) is 99.3 Å². The van der Waals surface area contributed by atoms with Gasteiger partial charge in [0.1, 0.15) is 23.1 Å². The first-order chi connectivity index (χ1) is 26.8. The lowest BCUT2D eigenvalue weighted by Gasteiger charge is -2.32.